The van der Waals surface area contributed by atoms with Crippen molar-refractivity contribution in [2.75, 3.05) is 7.11 Å². The maximum atomic E-state index is 13.4. The van der Waals surface area contributed by atoms with Crippen molar-refractivity contribution in [2.24, 2.45) is 0 Å². The van der Waals surface area contributed by atoms with Gasteiger partial charge in [-0.1, -0.05) is 0 Å². The Labute approximate surface area is 201 Å². The Bertz CT molecular complexity index is 858. The molecule has 0 unspecified atom stereocenters. The van der Waals surface area contributed by atoms with E-state index in [2.05, 4.69) is 4.74 Å². The van der Waals surface area contributed by atoms with Gasteiger partial charge in [-0.25, -0.2) is 18.4 Å². The summed E-state index contributed by atoms with van der Waals surface area (Å²) in [5, 5.41) is 8.57. The van der Waals surface area contributed by atoms with Crippen LogP contribution in [-0.4, -0.2) is 41.8 Å². The number of carboxylic acid groups (broad SMARTS) is 1. The largest absolute Gasteiger partial charge is 1.00 e. The first-order valence-corrected chi connectivity index (χ1v) is 8.79. The summed E-state index contributed by atoms with van der Waals surface area (Å²) >= 11 is 0. The first-order valence-electron chi connectivity index (χ1n) is 8.79. The zero-order valence-corrected chi connectivity index (χ0v) is 20.3. The molecule has 0 heterocycles. The third-order valence-electron chi connectivity index (χ3n) is 3.26. The maximum absolute atomic E-state index is 13.4. The van der Waals surface area contributed by atoms with Crippen molar-refractivity contribution in [3.63, 3.8) is 0 Å². The summed E-state index contributed by atoms with van der Waals surface area (Å²) in [5.41, 5.74) is 0.0877. The van der Waals surface area contributed by atoms with Gasteiger partial charge in [-0.2, -0.15) is 0 Å². The summed E-state index contributed by atoms with van der Waals surface area (Å²) < 4.78 is 41.3. The second kappa shape index (κ2) is 14.7. The van der Waals surface area contributed by atoms with Crippen molar-refractivity contribution in [1.82, 2.24) is 0 Å². The quantitative estimate of drug-likeness (QED) is 0.525. The van der Waals surface area contributed by atoms with Crippen molar-refractivity contribution in [3.05, 3.63) is 59.2 Å². The molecule has 10 heteroatoms. The normalized spacial score (nSPS) is 9.58. The molecule has 0 aliphatic carbocycles. The van der Waals surface area contributed by atoms with Gasteiger partial charge in [0.15, 0.2) is 23.1 Å². The fourth-order valence-electron chi connectivity index (χ4n) is 2.08. The van der Waals surface area contributed by atoms with E-state index in [1.165, 1.54) is 31.4 Å². The Kier molecular flexibility index (Phi) is 14.7. The Morgan fingerprint density at radius 1 is 0.839 bits per heavy atom. The van der Waals surface area contributed by atoms with Crippen molar-refractivity contribution < 1.29 is 72.7 Å². The van der Waals surface area contributed by atoms with Crippen LogP contribution in [0.1, 0.15) is 48.4 Å². The molecule has 0 aliphatic rings. The average Bonchev–Trinajstić information content (AvgIpc) is 2.64. The molecular formula is C21H25F2NaO7. The molecule has 2 aromatic carbocycles. The number of hydrogen-bond acceptors (Lipinski definition) is 6. The molecule has 0 bridgehead atoms. The van der Waals surface area contributed by atoms with Gasteiger partial charge in [0.1, 0.15) is 0 Å². The third kappa shape index (κ3) is 10.6. The van der Waals surface area contributed by atoms with Crippen molar-refractivity contribution in [1.29, 1.82) is 0 Å². The Morgan fingerprint density at radius 2 is 1.23 bits per heavy atom. The summed E-state index contributed by atoms with van der Waals surface area (Å²) in [6.45, 7) is 7.14. The van der Waals surface area contributed by atoms with Crippen LogP contribution < -0.4 is 39.0 Å². The van der Waals surface area contributed by atoms with Crippen molar-refractivity contribution >= 4 is 11.9 Å². The first-order chi connectivity index (χ1) is 13.5. The zero-order valence-electron chi connectivity index (χ0n) is 18.3. The Morgan fingerprint density at radius 3 is 1.55 bits per heavy atom. The van der Waals surface area contributed by atoms with Gasteiger partial charge in [-0.3, -0.25) is 0 Å². The molecule has 0 fully saturated rings. The number of carbonyl (C=O) groups excluding carboxylic acids is 1. The summed E-state index contributed by atoms with van der Waals surface area (Å²) in [6.07, 6.45) is -0.247. The van der Waals surface area contributed by atoms with Crippen LogP contribution in [0.3, 0.4) is 0 Å². The van der Waals surface area contributed by atoms with Crippen LogP contribution in [0.4, 0.5) is 8.78 Å². The predicted octanol–water partition coefficient (Wildman–Crippen LogP) is 1.54. The molecule has 0 aliphatic heterocycles. The van der Waals surface area contributed by atoms with E-state index in [-0.39, 0.29) is 69.9 Å². The zero-order chi connectivity index (χ0) is 22.1. The van der Waals surface area contributed by atoms with Crippen LogP contribution in [0.2, 0.25) is 0 Å². The fraction of sp³-hybridized carbons (Fsp3) is 0.333. The maximum Gasteiger partial charge on any atom is 1.00 e. The number of aromatic carboxylic acids is 1. The van der Waals surface area contributed by atoms with Crippen molar-refractivity contribution in [2.45, 2.75) is 39.9 Å². The molecule has 0 spiro atoms. The number of rotatable bonds is 6. The number of methoxy groups -OCH3 is 1. The van der Waals surface area contributed by atoms with Gasteiger partial charge in [-0.05, 0) is 64.1 Å². The van der Waals surface area contributed by atoms with Crippen LogP contribution in [0.25, 0.3) is 0 Å². The van der Waals surface area contributed by atoms with Crippen LogP contribution in [-0.2, 0) is 4.74 Å². The molecule has 166 valence electrons. The molecule has 0 radical (unpaired) electrons. The van der Waals surface area contributed by atoms with E-state index < -0.39 is 23.6 Å². The number of esters is 1. The number of carboxylic acids is 1. The van der Waals surface area contributed by atoms with Gasteiger partial charge in [-0.15, -0.1) is 0 Å². The SMILES string of the molecule is CC(C)Oc1ccc(C(=O)O)cc1F.COC(=O)c1ccc(OC(C)C)c(F)c1.[Na+].[OH-]. The molecule has 0 aromatic heterocycles. The van der Waals surface area contributed by atoms with E-state index in [9.17, 15) is 18.4 Å². The molecule has 0 amide bonds. The Balaban J connectivity index is 0. The van der Waals surface area contributed by atoms with E-state index in [0.717, 1.165) is 12.1 Å². The first kappa shape index (κ1) is 31.0. The summed E-state index contributed by atoms with van der Waals surface area (Å²) in [4.78, 5) is 21.5. The Hall–Kier alpha value is -2.20. The second-order valence-electron chi connectivity index (χ2n) is 6.42. The fourth-order valence-corrected chi connectivity index (χ4v) is 2.08. The van der Waals surface area contributed by atoms with E-state index in [4.69, 9.17) is 14.6 Å². The number of hydrogen-bond donors (Lipinski definition) is 1. The minimum Gasteiger partial charge on any atom is -0.870 e. The minimum absolute atomic E-state index is 0. The van der Waals surface area contributed by atoms with E-state index in [1.54, 1.807) is 27.7 Å². The number of carbonyl (C=O) groups is 2. The molecule has 0 saturated carbocycles. The standard InChI is InChI=1S/C11H13FO3.C10H11FO3.Na.H2O/c1-7(2)15-10-5-4-8(6-9(10)12)11(13)14-3;1-6(2)14-9-4-3-7(10(12)13)5-8(9)11;;/h4-7H,1-3H3;3-6H,1-2H3,(H,12,13);;1H2/q;;+1;/p-1. The monoisotopic (exact) mass is 450 g/mol. The van der Waals surface area contributed by atoms with Gasteiger partial charge in [0, 0.05) is 0 Å². The molecule has 31 heavy (non-hydrogen) atoms. The summed E-state index contributed by atoms with van der Waals surface area (Å²) in [7, 11) is 1.25. The third-order valence-corrected chi connectivity index (χ3v) is 3.26. The average molecular weight is 450 g/mol. The molecule has 2 rings (SSSR count). The van der Waals surface area contributed by atoms with Gasteiger partial charge < -0.3 is 24.8 Å². The number of benzene rings is 2. The van der Waals surface area contributed by atoms with Crippen LogP contribution in [0.5, 0.6) is 11.5 Å². The molecular weight excluding hydrogens is 425 g/mol. The van der Waals surface area contributed by atoms with Gasteiger partial charge in [0.2, 0.25) is 0 Å². The minimum atomic E-state index is -1.15. The van der Waals surface area contributed by atoms with Gasteiger partial charge in [0.05, 0.1) is 30.4 Å². The van der Waals surface area contributed by atoms with E-state index >= 15 is 0 Å². The molecule has 2 N–H and O–H groups in total. The molecule has 7 nitrogen and oxygen atoms in total. The van der Waals surface area contributed by atoms with Crippen LogP contribution in [0, 0.1) is 11.6 Å². The van der Waals surface area contributed by atoms with E-state index in [1.807, 2.05) is 0 Å². The van der Waals surface area contributed by atoms with Crippen LogP contribution >= 0.6 is 0 Å². The predicted molar refractivity (Wildman–Crippen MR) is 105 cm³/mol. The number of ether oxygens (including phenoxy) is 3. The van der Waals surface area contributed by atoms with Crippen molar-refractivity contribution in [3.8, 4) is 11.5 Å². The van der Waals surface area contributed by atoms with Crippen LogP contribution in [0.15, 0.2) is 36.4 Å². The van der Waals surface area contributed by atoms with E-state index in [0.29, 0.717) is 0 Å². The summed E-state index contributed by atoms with van der Waals surface area (Å²) in [6, 6.07) is 7.56. The van der Waals surface area contributed by atoms with Gasteiger partial charge in [0.25, 0.3) is 0 Å². The van der Waals surface area contributed by atoms with Gasteiger partial charge >= 0.3 is 41.5 Å². The summed E-state index contributed by atoms with van der Waals surface area (Å²) in [5.74, 6) is -2.72. The molecule has 0 saturated heterocycles. The number of halogens is 2. The smallest absolute Gasteiger partial charge is 0.870 e. The molecule has 2 aromatic rings. The topological polar surface area (TPSA) is 112 Å². The second-order valence-corrected chi connectivity index (χ2v) is 6.42. The molecule has 0 atom stereocenters.